The van der Waals surface area contributed by atoms with Gasteiger partial charge in [0.2, 0.25) is 0 Å². The molecular weight excluding hydrogens is 220 g/mol. The van der Waals surface area contributed by atoms with Gasteiger partial charge in [0.25, 0.3) is 0 Å². The molecule has 0 saturated carbocycles. The fourth-order valence-corrected chi connectivity index (χ4v) is 0.703. The van der Waals surface area contributed by atoms with E-state index in [2.05, 4.69) is 55.3 Å². The number of rotatable bonds is 0. The summed E-state index contributed by atoms with van der Waals surface area (Å²) in [5, 5.41) is 18.7. The van der Waals surface area contributed by atoms with Crippen LogP contribution in [0.3, 0.4) is 0 Å². The maximum absolute atomic E-state index is 4.65. The Balaban J connectivity index is 0.000000140. The molecule has 2 N–H and O–H groups in total. The van der Waals surface area contributed by atoms with Crippen LogP contribution >= 0.6 is 24.4 Å². The molecule has 14 heavy (non-hydrogen) atoms. The number of aromatic amines is 2. The second-order valence-electron chi connectivity index (χ2n) is 2.01. The molecule has 0 aromatic carbocycles. The number of nitrogens with one attached hydrogen (secondary N) is 2. The average Bonchev–Trinajstić information content (AvgIpc) is 2.21. The fourth-order valence-electron chi connectivity index (χ4n) is 0.500. The normalized spacial score (nSPS) is 8.57. The van der Waals surface area contributed by atoms with Gasteiger partial charge < -0.3 is 0 Å². The molecule has 2 aromatic heterocycles. The van der Waals surface area contributed by atoms with Crippen LogP contribution in [0.5, 0.6) is 0 Å². The van der Waals surface area contributed by atoms with Gasteiger partial charge in [0.05, 0.1) is 12.4 Å². The van der Waals surface area contributed by atoms with Crippen molar-refractivity contribution in [1.29, 1.82) is 0 Å². The molecule has 2 heterocycles. The van der Waals surface area contributed by atoms with Crippen molar-refractivity contribution in [1.82, 2.24) is 30.8 Å². The van der Waals surface area contributed by atoms with Gasteiger partial charge in [-0.05, 0) is 12.1 Å². The summed E-state index contributed by atoms with van der Waals surface area (Å²) in [5.74, 6) is 0. The number of nitrogens with zero attached hydrogens (tertiary/aromatic N) is 4. The smallest absolute Gasteiger partial charge is 0.122 e. The van der Waals surface area contributed by atoms with Crippen molar-refractivity contribution >= 4 is 24.4 Å². The third kappa shape index (κ3) is 4.48. The van der Waals surface area contributed by atoms with Crippen LogP contribution in [0.4, 0.5) is 0 Å². The Morgan fingerprint density at radius 3 is 1.43 bits per heavy atom. The second kappa shape index (κ2) is 6.00. The Hall–Kier alpha value is -1.54. The van der Waals surface area contributed by atoms with Crippen molar-refractivity contribution in [2.24, 2.45) is 0 Å². The van der Waals surface area contributed by atoms with Gasteiger partial charge in [0.15, 0.2) is 0 Å². The van der Waals surface area contributed by atoms with E-state index < -0.39 is 0 Å². The van der Waals surface area contributed by atoms with Crippen LogP contribution in [0.15, 0.2) is 24.5 Å². The minimum absolute atomic E-state index is 0.606. The lowest BCUT2D eigenvalue weighted by molar-refractivity contribution is 0.856. The molecule has 0 radical (unpaired) electrons. The molecular formula is C6H6N6S2. The molecule has 0 saturated heterocycles. The van der Waals surface area contributed by atoms with Crippen molar-refractivity contribution in [2.75, 3.05) is 0 Å². The zero-order valence-electron chi connectivity index (χ0n) is 6.91. The highest BCUT2D eigenvalue weighted by atomic mass is 32.1. The molecule has 0 unspecified atom stereocenters. The summed E-state index contributed by atoms with van der Waals surface area (Å²) in [7, 11) is 0. The van der Waals surface area contributed by atoms with Gasteiger partial charge in [-0.2, -0.15) is 0 Å². The van der Waals surface area contributed by atoms with Crippen molar-refractivity contribution in [3.8, 4) is 0 Å². The summed E-state index contributed by atoms with van der Waals surface area (Å²) >= 11 is 9.31. The van der Waals surface area contributed by atoms with Gasteiger partial charge in [-0.1, -0.05) is 34.9 Å². The molecule has 72 valence electrons. The minimum atomic E-state index is 0.606. The van der Waals surface area contributed by atoms with E-state index in [-0.39, 0.29) is 0 Å². The van der Waals surface area contributed by atoms with E-state index in [4.69, 9.17) is 0 Å². The lowest BCUT2D eigenvalue weighted by Gasteiger charge is -1.74. The maximum Gasteiger partial charge on any atom is 0.122 e. The predicted octanol–water partition coefficient (Wildman–Crippen LogP) is 1.07. The molecule has 0 fully saturated rings. The van der Waals surface area contributed by atoms with Crippen LogP contribution in [-0.2, 0) is 0 Å². The van der Waals surface area contributed by atoms with Gasteiger partial charge in [0.1, 0.15) is 9.28 Å². The Kier molecular flexibility index (Phi) is 4.51. The molecule has 2 aromatic rings. The zero-order chi connectivity index (χ0) is 10.2. The van der Waals surface area contributed by atoms with Gasteiger partial charge >= 0.3 is 0 Å². The van der Waals surface area contributed by atoms with E-state index in [1.807, 2.05) is 0 Å². The van der Waals surface area contributed by atoms with Crippen LogP contribution in [0, 0.1) is 9.28 Å². The Morgan fingerprint density at radius 2 is 1.29 bits per heavy atom. The molecule has 8 heteroatoms. The molecule has 2 rings (SSSR count). The van der Waals surface area contributed by atoms with Crippen LogP contribution < -0.4 is 0 Å². The summed E-state index contributed by atoms with van der Waals surface area (Å²) in [6.07, 6.45) is 3.08. The van der Waals surface area contributed by atoms with E-state index in [1.54, 1.807) is 24.5 Å². The number of hydrogen-bond acceptors (Lipinski definition) is 6. The van der Waals surface area contributed by atoms with Crippen LogP contribution in [-0.4, -0.2) is 30.8 Å². The monoisotopic (exact) mass is 226 g/mol. The summed E-state index contributed by atoms with van der Waals surface area (Å²) in [6, 6.07) is 3.34. The van der Waals surface area contributed by atoms with E-state index >= 15 is 0 Å². The molecule has 0 atom stereocenters. The molecule has 0 aliphatic rings. The lowest BCUT2D eigenvalue weighted by Crippen LogP contribution is -1.81. The van der Waals surface area contributed by atoms with Crippen LogP contribution in [0.1, 0.15) is 0 Å². The third-order valence-corrected chi connectivity index (χ3v) is 1.48. The fraction of sp³-hybridized carbons (Fsp3) is 0. The first-order valence-corrected chi connectivity index (χ1v) is 4.33. The summed E-state index contributed by atoms with van der Waals surface area (Å²) in [6.45, 7) is 0. The Morgan fingerprint density at radius 1 is 0.857 bits per heavy atom. The van der Waals surface area contributed by atoms with Gasteiger partial charge in [-0.3, -0.25) is 0 Å². The first kappa shape index (κ1) is 10.5. The molecule has 0 bridgehead atoms. The highest BCUT2D eigenvalue weighted by Gasteiger charge is 1.68. The topological polar surface area (TPSA) is 83.1 Å². The number of aromatic nitrogens is 6. The standard InChI is InChI=1S/2C3H3N3S/c2*7-3-1-2-4-6-5-3/h2*1-2H,(H,4,5,7). The van der Waals surface area contributed by atoms with E-state index in [0.29, 0.717) is 9.28 Å². The lowest BCUT2D eigenvalue weighted by atomic mass is 10.7. The van der Waals surface area contributed by atoms with E-state index in [9.17, 15) is 0 Å². The SMILES string of the molecule is S=c1ccnn[nH]1.S=c1ccnn[nH]1. The van der Waals surface area contributed by atoms with E-state index in [0.717, 1.165) is 0 Å². The molecule has 0 aliphatic heterocycles. The molecule has 0 amide bonds. The summed E-state index contributed by atoms with van der Waals surface area (Å²) in [4.78, 5) is 0. The Labute approximate surface area is 89.4 Å². The highest BCUT2D eigenvalue weighted by Crippen LogP contribution is 1.73. The van der Waals surface area contributed by atoms with Crippen LogP contribution in [0.2, 0.25) is 0 Å². The van der Waals surface area contributed by atoms with E-state index in [1.165, 1.54) is 0 Å². The molecule has 0 spiro atoms. The molecule has 0 aliphatic carbocycles. The van der Waals surface area contributed by atoms with Crippen molar-refractivity contribution in [3.05, 3.63) is 33.8 Å². The number of hydrogen-bond donors (Lipinski definition) is 2. The zero-order valence-corrected chi connectivity index (χ0v) is 8.55. The first-order valence-electron chi connectivity index (χ1n) is 3.52. The van der Waals surface area contributed by atoms with Crippen molar-refractivity contribution < 1.29 is 0 Å². The van der Waals surface area contributed by atoms with Crippen molar-refractivity contribution in [2.45, 2.75) is 0 Å². The third-order valence-electron chi connectivity index (χ3n) is 1.02. The second-order valence-corrected chi connectivity index (χ2v) is 2.89. The van der Waals surface area contributed by atoms with Gasteiger partial charge in [0, 0.05) is 0 Å². The first-order chi connectivity index (χ1) is 6.79. The summed E-state index contributed by atoms with van der Waals surface area (Å²) < 4.78 is 1.21. The molecule has 6 nitrogen and oxygen atoms in total. The van der Waals surface area contributed by atoms with Gasteiger partial charge in [-0.15, -0.1) is 10.2 Å². The summed E-state index contributed by atoms with van der Waals surface area (Å²) in [5.41, 5.74) is 0. The average molecular weight is 226 g/mol. The van der Waals surface area contributed by atoms with Crippen molar-refractivity contribution in [3.63, 3.8) is 0 Å². The highest BCUT2D eigenvalue weighted by molar-refractivity contribution is 7.71. The largest absolute Gasteiger partial charge is 0.249 e. The predicted molar refractivity (Wildman–Crippen MR) is 54.4 cm³/mol. The minimum Gasteiger partial charge on any atom is -0.249 e. The van der Waals surface area contributed by atoms with Crippen LogP contribution in [0.25, 0.3) is 0 Å². The number of H-pyrrole nitrogens is 2. The Bertz CT molecular complexity index is 397. The quantitative estimate of drug-likeness (QED) is 0.654. The van der Waals surface area contributed by atoms with Gasteiger partial charge in [-0.25, -0.2) is 10.2 Å². The maximum atomic E-state index is 4.65.